The van der Waals surface area contributed by atoms with Crippen LogP contribution < -0.4 is 0 Å². The molecule has 1 heterocycles. The van der Waals surface area contributed by atoms with Crippen molar-refractivity contribution < 1.29 is 25.6 Å². The Bertz CT molecular complexity index is 1120. The zero-order valence-corrected chi connectivity index (χ0v) is 18.0. The van der Waals surface area contributed by atoms with Gasteiger partial charge in [0.25, 0.3) is 0 Å². The highest BCUT2D eigenvalue weighted by molar-refractivity contribution is 9.10. The Morgan fingerprint density at radius 1 is 0.857 bits per heavy atom. The van der Waals surface area contributed by atoms with Crippen LogP contribution in [0.3, 0.4) is 0 Å². The molecule has 1 saturated heterocycles. The average molecular weight is 495 g/mol. The molecule has 1 aliphatic rings. The first-order chi connectivity index (χ1) is 13.0. The second-order valence-electron chi connectivity index (χ2n) is 6.29. The van der Waals surface area contributed by atoms with Gasteiger partial charge in [-0.05, 0) is 42.8 Å². The molecule has 0 amide bonds. The summed E-state index contributed by atoms with van der Waals surface area (Å²) in [6.07, 6.45) is 0. The minimum atomic E-state index is -4.19. The minimum absolute atomic E-state index is 0.0700. The lowest BCUT2D eigenvalue weighted by Gasteiger charge is -2.33. The maximum atomic E-state index is 13.9. The normalized spacial score (nSPS) is 17.0. The highest BCUT2D eigenvalue weighted by Crippen LogP contribution is 2.26. The molecule has 0 radical (unpaired) electrons. The van der Waals surface area contributed by atoms with Gasteiger partial charge in [0.05, 0.1) is 4.90 Å². The molecule has 2 aromatic carbocycles. The fourth-order valence-electron chi connectivity index (χ4n) is 2.90. The first kappa shape index (κ1) is 21.3. The summed E-state index contributed by atoms with van der Waals surface area (Å²) in [5.41, 5.74) is 0.758. The van der Waals surface area contributed by atoms with E-state index in [1.807, 2.05) is 0 Å². The molecular formula is C17H17BrF2N2O4S2. The van der Waals surface area contributed by atoms with E-state index in [2.05, 4.69) is 15.9 Å². The summed E-state index contributed by atoms with van der Waals surface area (Å²) in [6, 6.07) is 6.89. The van der Waals surface area contributed by atoms with E-state index in [0.29, 0.717) is 6.07 Å². The Hall–Kier alpha value is -1.40. The summed E-state index contributed by atoms with van der Waals surface area (Å²) in [7, 11) is -7.97. The summed E-state index contributed by atoms with van der Waals surface area (Å²) in [5, 5.41) is 0. The van der Waals surface area contributed by atoms with Gasteiger partial charge in [-0.1, -0.05) is 15.9 Å². The van der Waals surface area contributed by atoms with Crippen molar-refractivity contribution >= 4 is 36.0 Å². The monoisotopic (exact) mass is 494 g/mol. The smallest absolute Gasteiger partial charge is 0.207 e. The maximum absolute atomic E-state index is 13.9. The number of nitrogens with zero attached hydrogens (tertiary/aromatic N) is 2. The lowest BCUT2D eigenvalue weighted by atomic mass is 10.2. The van der Waals surface area contributed by atoms with Crippen molar-refractivity contribution in [2.24, 2.45) is 0 Å². The van der Waals surface area contributed by atoms with Crippen LogP contribution in [0.15, 0.2) is 50.7 Å². The van der Waals surface area contributed by atoms with Gasteiger partial charge < -0.3 is 0 Å². The second kappa shape index (κ2) is 7.79. The molecular weight excluding hydrogens is 478 g/mol. The zero-order chi connectivity index (χ0) is 20.7. The number of piperazine rings is 1. The highest BCUT2D eigenvalue weighted by Gasteiger charge is 2.35. The predicted octanol–water partition coefficient (Wildman–Crippen LogP) is 2.73. The standard InChI is InChI=1S/C17H17BrF2N2O4S2/c1-12-10-14(3-4-15(12)18)27(23,24)21-6-8-22(9-7-21)28(25,26)17-5-2-13(19)11-16(17)20/h2-5,10-11H,6-9H2,1H3. The van der Waals surface area contributed by atoms with Gasteiger partial charge in [0, 0.05) is 36.7 Å². The third-order valence-corrected chi connectivity index (χ3v) is 9.19. The summed E-state index contributed by atoms with van der Waals surface area (Å²) in [5.74, 6) is -2.06. The Balaban J connectivity index is 1.79. The van der Waals surface area contributed by atoms with Gasteiger partial charge in [-0.3, -0.25) is 0 Å². The lowest BCUT2D eigenvalue weighted by Crippen LogP contribution is -2.50. The SMILES string of the molecule is Cc1cc(S(=O)(=O)N2CCN(S(=O)(=O)c3ccc(F)cc3F)CC2)ccc1Br. The van der Waals surface area contributed by atoms with Crippen LogP contribution in [0.5, 0.6) is 0 Å². The molecule has 0 unspecified atom stereocenters. The molecule has 152 valence electrons. The van der Waals surface area contributed by atoms with Gasteiger partial charge in [-0.15, -0.1) is 0 Å². The summed E-state index contributed by atoms with van der Waals surface area (Å²) in [6.45, 7) is 1.37. The van der Waals surface area contributed by atoms with Crippen molar-refractivity contribution in [1.82, 2.24) is 8.61 Å². The van der Waals surface area contributed by atoms with Gasteiger partial charge in [0.15, 0.2) is 0 Å². The number of hydrogen-bond donors (Lipinski definition) is 0. The van der Waals surface area contributed by atoms with Crippen molar-refractivity contribution in [1.29, 1.82) is 0 Å². The van der Waals surface area contributed by atoms with Crippen LogP contribution in [-0.2, 0) is 20.0 Å². The van der Waals surface area contributed by atoms with E-state index in [1.54, 1.807) is 13.0 Å². The molecule has 0 atom stereocenters. The fraction of sp³-hybridized carbons (Fsp3) is 0.294. The van der Waals surface area contributed by atoms with Gasteiger partial charge in [-0.25, -0.2) is 25.6 Å². The molecule has 6 nitrogen and oxygen atoms in total. The summed E-state index contributed by atoms with van der Waals surface area (Å²) < 4.78 is 80.8. The Labute approximate surface area is 171 Å². The zero-order valence-electron chi connectivity index (χ0n) is 14.8. The van der Waals surface area contributed by atoms with Crippen molar-refractivity contribution in [2.75, 3.05) is 26.2 Å². The first-order valence-electron chi connectivity index (χ1n) is 8.25. The second-order valence-corrected chi connectivity index (χ2v) is 11.0. The lowest BCUT2D eigenvalue weighted by molar-refractivity contribution is 0.272. The molecule has 0 N–H and O–H groups in total. The van der Waals surface area contributed by atoms with Gasteiger partial charge in [0.2, 0.25) is 20.0 Å². The van der Waals surface area contributed by atoms with Gasteiger partial charge in [-0.2, -0.15) is 8.61 Å². The van der Waals surface area contributed by atoms with E-state index >= 15 is 0 Å². The number of hydrogen-bond acceptors (Lipinski definition) is 4. The summed E-state index contributed by atoms with van der Waals surface area (Å²) in [4.78, 5) is -0.511. The van der Waals surface area contributed by atoms with Crippen LogP contribution in [0, 0.1) is 18.6 Å². The van der Waals surface area contributed by atoms with Crippen LogP contribution in [0.2, 0.25) is 0 Å². The van der Waals surface area contributed by atoms with E-state index in [1.165, 1.54) is 16.4 Å². The van der Waals surface area contributed by atoms with Crippen molar-refractivity contribution in [3.8, 4) is 0 Å². The third-order valence-electron chi connectivity index (χ3n) is 4.48. The third kappa shape index (κ3) is 3.99. The number of halogens is 3. The number of sulfonamides is 2. The molecule has 0 bridgehead atoms. The van der Waals surface area contributed by atoms with E-state index in [9.17, 15) is 25.6 Å². The molecule has 28 heavy (non-hydrogen) atoms. The molecule has 3 rings (SSSR count). The van der Waals surface area contributed by atoms with E-state index in [0.717, 1.165) is 26.5 Å². The quantitative estimate of drug-likeness (QED) is 0.654. The van der Waals surface area contributed by atoms with E-state index in [-0.39, 0.29) is 31.1 Å². The van der Waals surface area contributed by atoms with Crippen LogP contribution >= 0.6 is 15.9 Å². The Kier molecular flexibility index (Phi) is 5.93. The molecule has 2 aromatic rings. The fourth-order valence-corrected chi connectivity index (χ4v) is 6.12. The van der Waals surface area contributed by atoms with Gasteiger partial charge in [0.1, 0.15) is 16.5 Å². The number of benzene rings is 2. The topological polar surface area (TPSA) is 74.8 Å². The molecule has 1 aliphatic heterocycles. The van der Waals surface area contributed by atoms with E-state index < -0.39 is 36.6 Å². The van der Waals surface area contributed by atoms with Gasteiger partial charge >= 0.3 is 0 Å². The molecule has 1 fully saturated rings. The largest absolute Gasteiger partial charge is 0.246 e. The number of aryl methyl sites for hydroxylation is 1. The van der Waals surface area contributed by atoms with E-state index in [4.69, 9.17) is 0 Å². The molecule has 11 heteroatoms. The van der Waals surface area contributed by atoms with Crippen LogP contribution in [-0.4, -0.2) is 51.6 Å². The molecule has 0 aromatic heterocycles. The van der Waals surface area contributed by atoms with Crippen molar-refractivity contribution in [3.63, 3.8) is 0 Å². The predicted molar refractivity (Wildman–Crippen MR) is 103 cm³/mol. The van der Waals surface area contributed by atoms with Crippen molar-refractivity contribution in [3.05, 3.63) is 58.1 Å². The first-order valence-corrected chi connectivity index (χ1v) is 11.9. The molecule has 0 aliphatic carbocycles. The summed E-state index contributed by atoms with van der Waals surface area (Å²) >= 11 is 3.32. The Morgan fingerprint density at radius 2 is 1.43 bits per heavy atom. The Morgan fingerprint density at radius 3 is 1.96 bits per heavy atom. The minimum Gasteiger partial charge on any atom is -0.207 e. The molecule has 0 spiro atoms. The average Bonchev–Trinajstić information content (AvgIpc) is 2.63. The molecule has 0 saturated carbocycles. The van der Waals surface area contributed by atoms with Crippen LogP contribution in [0.4, 0.5) is 8.78 Å². The number of rotatable bonds is 4. The van der Waals surface area contributed by atoms with Crippen molar-refractivity contribution in [2.45, 2.75) is 16.7 Å². The van der Waals surface area contributed by atoms with Crippen LogP contribution in [0.1, 0.15) is 5.56 Å². The van der Waals surface area contributed by atoms with Crippen LogP contribution in [0.25, 0.3) is 0 Å². The maximum Gasteiger partial charge on any atom is 0.246 e. The highest BCUT2D eigenvalue weighted by atomic mass is 79.9.